The Hall–Kier alpha value is -1.23. The van der Waals surface area contributed by atoms with Crippen LogP contribution in [0.2, 0.25) is 0 Å². The lowest BCUT2D eigenvalue weighted by Gasteiger charge is -2.14. The van der Waals surface area contributed by atoms with Crippen LogP contribution in [0.5, 0.6) is 0 Å². The van der Waals surface area contributed by atoms with Crippen molar-refractivity contribution in [3.63, 3.8) is 0 Å². The molecule has 1 aromatic carbocycles. The molecule has 0 aliphatic heterocycles. The van der Waals surface area contributed by atoms with Crippen LogP contribution in [0.3, 0.4) is 0 Å². The lowest BCUT2D eigenvalue weighted by molar-refractivity contribution is 0.0935. The molecular weight excluding hydrogens is 255 g/mol. The standard InChI is InChI=1S/C11H9ClF3NO/c12-5-11(1-2-11)16-10(17)6-3-7(13)9(15)8(14)4-6/h3-4H,1-2,5H2,(H,16,17). The average molecular weight is 264 g/mol. The number of amides is 1. The van der Waals surface area contributed by atoms with Crippen LogP contribution in [0.15, 0.2) is 12.1 Å². The van der Waals surface area contributed by atoms with Gasteiger partial charge in [-0.15, -0.1) is 11.6 Å². The summed E-state index contributed by atoms with van der Waals surface area (Å²) in [6.07, 6.45) is 1.46. The molecule has 0 spiro atoms. The quantitative estimate of drug-likeness (QED) is 0.659. The summed E-state index contributed by atoms with van der Waals surface area (Å²) in [4.78, 5) is 11.6. The maximum absolute atomic E-state index is 12.9. The fraction of sp³-hybridized carbons (Fsp3) is 0.364. The van der Waals surface area contributed by atoms with Crippen molar-refractivity contribution in [1.29, 1.82) is 0 Å². The smallest absolute Gasteiger partial charge is 0.251 e. The van der Waals surface area contributed by atoms with E-state index in [2.05, 4.69) is 5.32 Å². The van der Waals surface area contributed by atoms with Crippen LogP contribution in [-0.4, -0.2) is 17.3 Å². The number of nitrogens with one attached hydrogen (secondary N) is 1. The molecule has 17 heavy (non-hydrogen) atoms. The van der Waals surface area contributed by atoms with Gasteiger partial charge >= 0.3 is 0 Å². The Labute approximate surface area is 101 Å². The fourth-order valence-corrected chi connectivity index (χ4v) is 1.78. The maximum Gasteiger partial charge on any atom is 0.251 e. The highest BCUT2D eigenvalue weighted by molar-refractivity contribution is 6.19. The van der Waals surface area contributed by atoms with E-state index in [-0.39, 0.29) is 11.4 Å². The van der Waals surface area contributed by atoms with E-state index < -0.39 is 28.9 Å². The molecule has 0 radical (unpaired) electrons. The summed E-state index contributed by atoms with van der Waals surface area (Å²) in [5, 5.41) is 2.58. The SMILES string of the molecule is O=C(NC1(CCl)CC1)c1cc(F)c(F)c(F)c1. The number of carbonyl (C=O) groups excluding carboxylic acids is 1. The van der Waals surface area contributed by atoms with Gasteiger partial charge in [-0.1, -0.05) is 0 Å². The van der Waals surface area contributed by atoms with Crippen molar-refractivity contribution in [2.75, 3.05) is 5.88 Å². The van der Waals surface area contributed by atoms with Crippen molar-refractivity contribution in [2.24, 2.45) is 0 Å². The van der Waals surface area contributed by atoms with Gasteiger partial charge in [-0.3, -0.25) is 4.79 Å². The molecule has 0 saturated heterocycles. The zero-order valence-electron chi connectivity index (χ0n) is 8.70. The summed E-state index contributed by atoms with van der Waals surface area (Å²) in [5.41, 5.74) is -0.724. The summed E-state index contributed by atoms with van der Waals surface area (Å²) in [5.74, 6) is -4.76. The average Bonchev–Trinajstić information content (AvgIpc) is 3.05. The lowest BCUT2D eigenvalue weighted by atomic mass is 10.1. The van der Waals surface area contributed by atoms with Gasteiger partial charge in [-0.05, 0) is 25.0 Å². The predicted molar refractivity (Wildman–Crippen MR) is 56.5 cm³/mol. The van der Waals surface area contributed by atoms with Gasteiger partial charge in [0.25, 0.3) is 5.91 Å². The third kappa shape index (κ3) is 2.39. The number of rotatable bonds is 3. The van der Waals surface area contributed by atoms with Gasteiger partial charge in [0.1, 0.15) is 0 Å². The van der Waals surface area contributed by atoms with Crippen molar-refractivity contribution < 1.29 is 18.0 Å². The highest BCUT2D eigenvalue weighted by atomic mass is 35.5. The highest BCUT2D eigenvalue weighted by Gasteiger charge is 2.43. The number of hydrogen-bond acceptors (Lipinski definition) is 1. The highest BCUT2D eigenvalue weighted by Crippen LogP contribution is 2.36. The summed E-state index contributed by atoms with van der Waals surface area (Å²) in [6, 6.07) is 1.33. The van der Waals surface area contributed by atoms with Crippen LogP contribution in [0.4, 0.5) is 13.2 Å². The molecule has 1 fully saturated rings. The minimum Gasteiger partial charge on any atom is -0.345 e. The summed E-state index contributed by atoms with van der Waals surface area (Å²) in [6.45, 7) is 0. The number of carbonyl (C=O) groups is 1. The maximum atomic E-state index is 12.9. The van der Waals surface area contributed by atoms with E-state index in [4.69, 9.17) is 11.6 Å². The van der Waals surface area contributed by atoms with E-state index >= 15 is 0 Å². The van der Waals surface area contributed by atoms with Gasteiger partial charge in [-0.2, -0.15) is 0 Å². The van der Waals surface area contributed by atoms with Crippen LogP contribution < -0.4 is 5.32 Å². The molecule has 0 atom stereocenters. The third-order valence-corrected chi connectivity index (χ3v) is 3.25. The Morgan fingerprint density at radius 3 is 2.24 bits per heavy atom. The zero-order valence-corrected chi connectivity index (χ0v) is 9.45. The summed E-state index contributed by atoms with van der Waals surface area (Å²) in [7, 11) is 0. The Bertz CT molecular complexity index is 451. The van der Waals surface area contributed by atoms with E-state index in [0.717, 1.165) is 12.8 Å². The topological polar surface area (TPSA) is 29.1 Å². The molecule has 2 rings (SSSR count). The molecule has 92 valence electrons. The molecule has 1 saturated carbocycles. The van der Waals surface area contributed by atoms with E-state index in [1.54, 1.807) is 0 Å². The van der Waals surface area contributed by atoms with Gasteiger partial charge < -0.3 is 5.32 Å². The van der Waals surface area contributed by atoms with Crippen LogP contribution in [0.1, 0.15) is 23.2 Å². The molecule has 1 amide bonds. The largest absolute Gasteiger partial charge is 0.345 e. The van der Waals surface area contributed by atoms with Crippen molar-refractivity contribution in [1.82, 2.24) is 5.32 Å². The first-order chi connectivity index (χ1) is 7.97. The van der Waals surface area contributed by atoms with Crippen LogP contribution in [0, 0.1) is 17.5 Å². The van der Waals surface area contributed by atoms with Gasteiger partial charge in [-0.25, -0.2) is 13.2 Å². The Kier molecular flexibility index (Phi) is 3.03. The molecule has 0 unspecified atom stereocenters. The Balaban J connectivity index is 2.20. The number of benzene rings is 1. The second kappa shape index (κ2) is 4.22. The minimum atomic E-state index is -1.58. The number of hydrogen-bond donors (Lipinski definition) is 1. The molecule has 0 bridgehead atoms. The van der Waals surface area contributed by atoms with E-state index in [1.165, 1.54) is 0 Å². The predicted octanol–water partition coefficient (Wildman–Crippen LogP) is 2.61. The van der Waals surface area contributed by atoms with Crippen LogP contribution in [-0.2, 0) is 0 Å². The minimum absolute atomic E-state index is 0.241. The summed E-state index contributed by atoms with van der Waals surface area (Å²) >= 11 is 5.65. The first-order valence-corrected chi connectivity index (χ1v) is 5.54. The number of halogens is 4. The zero-order chi connectivity index (χ0) is 12.6. The second-order valence-electron chi connectivity index (χ2n) is 4.12. The van der Waals surface area contributed by atoms with Crippen LogP contribution >= 0.6 is 11.6 Å². The fourth-order valence-electron chi connectivity index (χ4n) is 1.44. The van der Waals surface area contributed by atoms with Crippen LogP contribution in [0.25, 0.3) is 0 Å². The van der Waals surface area contributed by atoms with Crippen molar-refractivity contribution in [3.8, 4) is 0 Å². The second-order valence-corrected chi connectivity index (χ2v) is 4.39. The molecule has 1 aliphatic carbocycles. The molecule has 2 nitrogen and oxygen atoms in total. The van der Waals surface area contributed by atoms with Crippen molar-refractivity contribution in [3.05, 3.63) is 35.1 Å². The van der Waals surface area contributed by atoms with Crippen molar-refractivity contribution in [2.45, 2.75) is 18.4 Å². The van der Waals surface area contributed by atoms with E-state index in [9.17, 15) is 18.0 Å². The van der Waals surface area contributed by atoms with E-state index in [1.807, 2.05) is 0 Å². The van der Waals surface area contributed by atoms with Gasteiger partial charge in [0.2, 0.25) is 0 Å². The first kappa shape index (κ1) is 12.2. The van der Waals surface area contributed by atoms with E-state index in [0.29, 0.717) is 12.1 Å². The molecular formula is C11H9ClF3NO. The normalized spacial score (nSPS) is 16.7. The molecule has 0 aromatic heterocycles. The lowest BCUT2D eigenvalue weighted by Crippen LogP contribution is -2.38. The number of alkyl halides is 1. The molecule has 1 aliphatic rings. The molecule has 6 heteroatoms. The molecule has 1 aromatic rings. The Morgan fingerprint density at radius 2 is 1.82 bits per heavy atom. The van der Waals surface area contributed by atoms with Gasteiger partial charge in [0.05, 0.1) is 5.54 Å². The molecule has 1 N–H and O–H groups in total. The van der Waals surface area contributed by atoms with Gasteiger partial charge in [0.15, 0.2) is 17.5 Å². The van der Waals surface area contributed by atoms with Crippen molar-refractivity contribution >= 4 is 17.5 Å². The third-order valence-electron chi connectivity index (χ3n) is 2.73. The Morgan fingerprint density at radius 1 is 1.29 bits per heavy atom. The first-order valence-electron chi connectivity index (χ1n) is 5.00. The molecule has 0 heterocycles. The monoisotopic (exact) mass is 263 g/mol. The van der Waals surface area contributed by atoms with Gasteiger partial charge in [0, 0.05) is 11.4 Å². The summed E-state index contributed by atoms with van der Waals surface area (Å²) < 4.78 is 38.5.